The van der Waals surface area contributed by atoms with E-state index in [1.54, 1.807) is 0 Å². The summed E-state index contributed by atoms with van der Waals surface area (Å²) in [6.07, 6.45) is 9.10. The van der Waals surface area contributed by atoms with Gasteiger partial charge in [-0.05, 0) is 87.6 Å². The maximum Gasteiger partial charge on any atom is 0.411 e. The van der Waals surface area contributed by atoms with E-state index in [9.17, 15) is 4.79 Å². The van der Waals surface area contributed by atoms with Crippen LogP contribution >= 0.6 is 0 Å². The minimum Gasteiger partial charge on any atom is -0.444 e. The van der Waals surface area contributed by atoms with Gasteiger partial charge in [-0.25, -0.2) is 14.8 Å². The van der Waals surface area contributed by atoms with Crippen LogP contribution in [0.2, 0.25) is 0 Å². The molecule has 0 unspecified atom stereocenters. The minimum absolute atomic E-state index is 0.0597. The van der Waals surface area contributed by atoms with Gasteiger partial charge in [0.05, 0.1) is 35.9 Å². The van der Waals surface area contributed by atoms with Crippen LogP contribution in [-0.4, -0.2) is 49.1 Å². The number of fused-ring (bicyclic) bond motifs is 2. The molecule has 2 aromatic heterocycles. The predicted molar refractivity (Wildman–Crippen MR) is 159 cm³/mol. The Bertz CT molecular complexity index is 1520. The number of hydrogen-bond acceptors (Lipinski definition) is 5. The van der Waals surface area contributed by atoms with Crippen LogP contribution in [0, 0.1) is 5.92 Å². The number of aromatic amines is 2. The molecule has 2 aromatic carbocycles. The molecule has 1 saturated carbocycles. The number of carbonyl (C=O) groups excluding carboxylic acids is 1. The summed E-state index contributed by atoms with van der Waals surface area (Å²) in [4.78, 5) is 31.4. The summed E-state index contributed by atoms with van der Waals surface area (Å²) < 4.78 is 5.77. The third-order valence-electron chi connectivity index (χ3n) is 8.78. The molecule has 0 radical (unpaired) electrons. The summed E-state index contributed by atoms with van der Waals surface area (Å²) in [6, 6.07) is 17.7. The fourth-order valence-corrected chi connectivity index (χ4v) is 6.81. The summed E-state index contributed by atoms with van der Waals surface area (Å²) in [5.74, 6) is 2.30. The largest absolute Gasteiger partial charge is 0.444 e. The highest BCUT2D eigenvalue weighted by Crippen LogP contribution is 2.50. The number of aromatic nitrogens is 4. The second kappa shape index (κ2) is 10.2. The third kappa shape index (κ3) is 5.05. The van der Waals surface area contributed by atoms with E-state index in [2.05, 4.69) is 68.8 Å². The molecule has 1 aliphatic carbocycles. The van der Waals surface area contributed by atoms with E-state index >= 15 is 0 Å². The number of imidazole rings is 2. The van der Waals surface area contributed by atoms with Crippen molar-refractivity contribution >= 4 is 6.09 Å². The lowest BCUT2D eigenvalue weighted by molar-refractivity contribution is 0.00620. The lowest BCUT2D eigenvalue weighted by Crippen LogP contribution is -2.43. The Morgan fingerprint density at radius 3 is 2.00 bits per heavy atom. The van der Waals surface area contributed by atoms with Crippen LogP contribution in [0.4, 0.5) is 4.79 Å². The molecule has 3 fully saturated rings. The van der Waals surface area contributed by atoms with Crippen molar-refractivity contribution in [1.29, 1.82) is 0 Å². The molecule has 4 atom stereocenters. The quantitative estimate of drug-likeness (QED) is 0.248. The summed E-state index contributed by atoms with van der Waals surface area (Å²) in [5.41, 5.74) is 6.01. The number of amides is 1. The van der Waals surface area contributed by atoms with Gasteiger partial charge in [-0.3, -0.25) is 4.90 Å². The van der Waals surface area contributed by atoms with E-state index < -0.39 is 5.60 Å². The van der Waals surface area contributed by atoms with Crippen LogP contribution in [0.15, 0.2) is 60.9 Å². The van der Waals surface area contributed by atoms with Crippen LogP contribution in [-0.2, 0) is 4.74 Å². The molecule has 8 heteroatoms. The molecular weight excluding hydrogens is 512 g/mol. The second-order valence-electron chi connectivity index (χ2n) is 12.7. The summed E-state index contributed by atoms with van der Waals surface area (Å²) >= 11 is 0. The normalized spacial score (nSPS) is 23.8. The van der Waals surface area contributed by atoms with E-state index in [0.717, 1.165) is 77.5 Å². The minimum atomic E-state index is -0.519. The maximum atomic E-state index is 13.1. The Morgan fingerprint density at radius 1 is 0.829 bits per heavy atom. The fraction of sp³-hybridized carbons (Fsp3) is 0.424. The number of hydrogen-bond donors (Lipinski definition) is 3. The topological polar surface area (TPSA) is 98.9 Å². The Morgan fingerprint density at radius 2 is 1.41 bits per heavy atom. The molecule has 41 heavy (non-hydrogen) atoms. The smallest absolute Gasteiger partial charge is 0.411 e. The zero-order valence-electron chi connectivity index (χ0n) is 24.0. The fourth-order valence-electron chi connectivity index (χ4n) is 6.81. The molecule has 212 valence electrons. The number of benzene rings is 2. The second-order valence-corrected chi connectivity index (χ2v) is 12.7. The Hall–Kier alpha value is -3.91. The highest BCUT2D eigenvalue weighted by atomic mass is 16.6. The van der Waals surface area contributed by atoms with Crippen LogP contribution in [0.5, 0.6) is 0 Å². The molecule has 3 aliphatic rings. The SMILES string of the molecule is CC(C)(C)OC(=O)N1[C@@H]2CC[C@@H](C2)[C@H]1c1ncc(-c2ccc(-c3ccc(-c4cnc([C@@H]5CCCN5)[nH]4)cc3)cc2)[nH]1. The van der Waals surface area contributed by atoms with Crippen molar-refractivity contribution in [3.05, 3.63) is 72.6 Å². The zero-order valence-corrected chi connectivity index (χ0v) is 24.0. The van der Waals surface area contributed by atoms with Gasteiger partial charge in [0.25, 0.3) is 0 Å². The highest BCUT2D eigenvalue weighted by molar-refractivity contribution is 5.72. The standard InChI is InChI=1S/C33H38N6O2/c1-33(2,3)41-32(40)39-25-15-14-24(17-25)29(39)31-36-19-28(38-31)23-12-8-21(9-13-23)20-6-10-22(11-7-20)27-18-35-30(37-27)26-5-4-16-34-26/h6-13,18-19,24-26,29,34H,4-5,14-17H2,1-3H3,(H,35,37)(H,36,38)/t24-,25+,26-,29-/m0/s1. The monoisotopic (exact) mass is 550 g/mol. The molecule has 0 spiro atoms. The van der Waals surface area contributed by atoms with Crippen molar-refractivity contribution in [2.24, 2.45) is 5.92 Å². The first-order valence-electron chi connectivity index (χ1n) is 14.9. The molecule has 1 amide bonds. The lowest BCUT2D eigenvalue weighted by Gasteiger charge is -2.35. The molecule has 8 nitrogen and oxygen atoms in total. The molecule has 4 heterocycles. The van der Waals surface area contributed by atoms with Crippen molar-refractivity contribution < 1.29 is 9.53 Å². The molecule has 2 bridgehead atoms. The first-order valence-corrected chi connectivity index (χ1v) is 14.9. The van der Waals surface area contributed by atoms with Crippen LogP contribution in [0.1, 0.15) is 76.6 Å². The van der Waals surface area contributed by atoms with E-state index in [1.807, 2.05) is 38.1 Å². The number of carbonyl (C=O) groups is 1. The van der Waals surface area contributed by atoms with Gasteiger partial charge in [0.2, 0.25) is 0 Å². The summed E-state index contributed by atoms with van der Waals surface area (Å²) in [5, 5.41) is 3.50. The van der Waals surface area contributed by atoms with Crippen molar-refractivity contribution in [1.82, 2.24) is 30.2 Å². The van der Waals surface area contributed by atoms with Gasteiger partial charge in [-0.1, -0.05) is 48.5 Å². The number of rotatable bonds is 5. The number of ether oxygens (including phenoxy) is 1. The van der Waals surface area contributed by atoms with Crippen molar-refractivity contribution in [3.63, 3.8) is 0 Å². The molecule has 3 N–H and O–H groups in total. The lowest BCUT2D eigenvalue weighted by atomic mass is 9.98. The number of piperidine rings is 1. The van der Waals surface area contributed by atoms with Crippen molar-refractivity contribution in [3.8, 4) is 33.6 Å². The van der Waals surface area contributed by atoms with Gasteiger partial charge in [0, 0.05) is 6.04 Å². The zero-order chi connectivity index (χ0) is 28.1. The van der Waals surface area contributed by atoms with E-state index in [1.165, 1.54) is 6.42 Å². The summed E-state index contributed by atoms with van der Waals surface area (Å²) in [6.45, 7) is 6.81. The van der Waals surface area contributed by atoms with Gasteiger partial charge >= 0.3 is 6.09 Å². The summed E-state index contributed by atoms with van der Waals surface area (Å²) in [7, 11) is 0. The Labute approximate surface area is 241 Å². The van der Waals surface area contributed by atoms with Gasteiger partial charge in [0.15, 0.2) is 0 Å². The van der Waals surface area contributed by atoms with Gasteiger partial charge < -0.3 is 20.0 Å². The van der Waals surface area contributed by atoms with Gasteiger partial charge in [0.1, 0.15) is 17.2 Å². The Balaban J connectivity index is 1.06. The van der Waals surface area contributed by atoms with E-state index in [4.69, 9.17) is 9.72 Å². The van der Waals surface area contributed by atoms with Gasteiger partial charge in [-0.15, -0.1) is 0 Å². The third-order valence-corrected chi connectivity index (χ3v) is 8.78. The predicted octanol–water partition coefficient (Wildman–Crippen LogP) is 7.02. The molecule has 4 aromatic rings. The molecule has 2 saturated heterocycles. The average molecular weight is 551 g/mol. The van der Waals surface area contributed by atoms with Gasteiger partial charge in [-0.2, -0.15) is 0 Å². The molecule has 7 rings (SSSR count). The Kier molecular flexibility index (Phi) is 6.46. The molecule has 2 aliphatic heterocycles. The number of nitrogens with zero attached hydrogens (tertiary/aromatic N) is 3. The van der Waals surface area contributed by atoms with Crippen molar-refractivity contribution in [2.75, 3.05) is 6.54 Å². The highest BCUT2D eigenvalue weighted by Gasteiger charge is 2.51. The maximum absolute atomic E-state index is 13.1. The average Bonchev–Trinajstić information content (AvgIpc) is 3.80. The first-order chi connectivity index (χ1) is 19.8. The first kappa shape index (κ1) is 26.0. The van der Waals surface area contributed by atoms with E-state index in [-0.39, 0.29) is 18.2 Å². The van der Waals surface area contributed by atoms with Crippen LogP contribution in [0.3, 0.4) is 0 Å². The van der Waals surface area contributed by atoms with Crippen molar-refractivity contribution in [2.45, 2.75) is 76.6 Å². The number of H-pyrrole nitrogens is 2. The number of likely N-dealkylation sites (tertiary alicyclic amines) is 1. The van der Waals surface area contributed by atoms with Crippen LogP contribution in [0.25, 0.3) is 33.6 Å². The number of nitrogens with one attached hydrogen (secondary N) is 3. The van der Waals surface area contributed by atoms with Crippen LogP contribution < -0.4 is 5.32 Å². The molecular formula is C33H38N6O2. The van der Waals surface area contributed by atoms with E-state index in [0.29, 0.717) is 12.0 Å².